The second-order valence-electron chi connectivity index (χ2n) is 20.8. The van der Waals surface area contributed by atoms with E-state index in [9.17, 15) is 0 Å². The van der Waals surface area contributed by atoms with E-state index in [2.05, 4.69) is 157 Å². The van der Waals surface area contributed by atoms with Crippen molar-refractivity contribution in [2.24, 2.45) is 35.5 Å². The highest BCUT2D eigenvalue weighted by Gasteiger charge is 2.60. The van der Waals surface area contributed by atoms with Crippen molar-refractivity contribution in [3.05, 3.63) is 174 Å². The minimum Gasteiger partial charge on any atom is -0.455 e. The van der Waals surface area contributed by atoms with Crippen LogP contribution in [0.5, 0.6) is 0 Å². The molecule has 1 aromatic heterocycles. The minimum atomic E-state index is 0.118. The Kier molecular flexibility index (Phi) is 6.94. The first-order valence-electron chi connectivity index (χ1n) is 23.9. The van der Waals surface area contributed by atoms with E-state index in [0.29, 0.717) is 0 Å². The van der Waals surface area contributed by atoms with E-state index in [1.54, 1.807) is 22.3 Å². The van der Waals surface area contributed by atoms with Crippen LogP contribution in [0.1, 0.15) is 86.5 Å². The van der Waals surface area contributed by atoms with Gasteiger partial charge in [0.05, 0.1) is 0 Å². The molecule has 0 radical (unpaired) electrons. The van der Waals surface area contributed by atoms with Gasteiger partial charge in [-0.05, 0) is 179 Å². The molecule has 0 aliphatic heterocycles. The largest absolute Gasteiger partial charge is 0.455 e. The lowest BCUT2D eigenvalue weighted by Crippen LogP contribution is -2.48. The molecule has 2 nitrogen and oxygen atoms in total. The molecule has 8 aliphatic rings. The molecule has 8 unspecified atom stereocenters. The van der Waals surface area contributed by atoms with Gasteiger partial charge >= 0.3 is 0 Å². The summed E-state index contributed by atoms with van der Waals surface area (Å²) in [4.78, 5) is 2.59. The monoisotopic (exact) mass is 801 g/mol. The van der Waals surface area contributed by atoms with Crippen LogP contribution >= 0.6 is 0 Å². The second-order valence-corrected chi connectivity index (χ2v) is 20.8. The van der Waals surface area contributed by atoms with Crippen molar-refractivity contribution in [1.29, 1.82) is 0 Å². The molecule has 2 spiro atoms. The Morgan fingerprint density at radius 1 is 0.419 bits per heavy atom. The summed E-state index contributed by atoms with van der Waals surface area (Å²) in [6.45, 7) is 0. The third-order valence-electron chi connectivity index (χ3n) is 18.2. The maximum atomic E-state index is 6.54. The molecule has 8 aliphatic carbocycles. The van der Waals surface area contributed by atoms with Gasteiger partial charge in [-0.25, -0.2) is 0 Å². The van der Waals surface area contributed by atoms with Crippen molar-refractivity contribution in [2.45, 2.75) is 75.0 Å². The predicted molar refractivity (Wildman–Crippen MR) is 253 cm³/mol. The van der Waals surface area contributed by atoms with Crippen LogP contribution in [0.2, 0.25) is 0 Å². The number of hydrogen-bond acceptors (Lipinski definition) is 2. The molecule has 6 saturated carbocycles. The fourth-order valence-corrected chi connectivity index (χ4v) is 16.2. The van der Waals surface area contributed by atoms with Crippen LogP contribution in [-0.4, -0.2) is 0 Å². The van der Waals surface area contributed by atoms with Crippen LogP contribution in [0.4, 0.5) is 17.1 Å². The minimum absolute atomic E-state index is 0.118. The first kappa shape index (κ1) is 34.7. The van der Waals surface area contributed by atoms with Crippen LogP contribution in [0.25, 0.3) is 55.3 Å². The molecule has 8 atom stereocenters. The van der Waals surface area contributed by atoms with Crippen LogP contribution in [-0.2, 0) is 10.8 Å². The molecule has 0 N–H and O–H groups in total. The van der Waals surface area contributed by atoms with E-state index in [4.69, 9.17) is 4.42 Å². The third kappa shape index (κ3) is 4.41. The molecule has 302 valence electrons. The zero-order valence-electron chi connectivity index (χ0n) is 35.3. The van der Waals surface area contributed by atoms with Gasteiger partial charge in [-0.2, -0.15) is 0 Å². The maximum absolute atomic E-state index is 6.54. The Hall–Kier alpha value is -5.86. The molecule has 6 fully saturated rings. The maximum Gasteiger partial charge on any atom is 0.143 e. The van der Waals surface area contributed by atoms with Gasteiger partial charge in [0.15, 0.2) is 0 Å². The molecule has 6 bridgehead atoms. The summed E-state index contributed by atoms with van der Waals surface area (Å²) in [6.07, 6.45) is 13.9. The number of fused-ring (bicyclic) bond motifs is 15. The van der Waals surface area contributed by atoms with Gasteiger partial charge in [-0.3, -0.25) is 0 Å². The van der Waals surface area contributed by atoms with Crippen LogP contribution < -0.4 is 4.90 Å². The van der Waals surface area contributed by atoms with Gasteiger partial charge in [0.1, 0.15) is 11.2 Å². The van der Waals surface area contributed by atoms with Crippen molar-refractivity contribution < 1.29 is 4.42 Å². The Bertz CT molecular complexity index is 3160. The quantitative estimate of drug-likeness (QED) is 0.176. The fraction of sp³-hybridized carbons (Fsp3) is 0.300. The van der Waals surface area contributed by atoms with Gasteiger partial charge in [-0.1, -0.05) is 122 Å². The molecule has 8 aromatic rings. The number of furan rings is 1. The van der Waals surface area contributed by atoms with Crippen LogP contribution in [0.15, 0.2) is 156 Å². The number of hydrogen-bond donors (Lipinski definition) is 0. The second kappa shape index (κ2) is 12.4. The molecular formula is C60H51NO. The average molecular weight is 802 g/mol. The Morgan fingerprint density at radius 3 is 1.94 bits per heavy atom. The zero-order chi connectivity index (χ0) is 40.3. The lowest BCUT2D eigenvalue weighted by atomic mass is 9.51. The highest BCUT2D eigenvalue weighted by molar-refractivity contribution is 6.09. The number of para-hydroxylation sites is 2. The smallest absolute Gasteiger partial charge is 0.143 e. The molecular weight excluding hydrogens is 751 g/mol. The first-order valence-corrected chi connectivity index (χ1v) is 23.9. The lowest BCUT2D eigenvalue weighted by Gasteiger charge is -2.53. The summed E-state index contributed by atoms with van der Waals surface area (Å²) in [7, 11) is 0. The highest BCUT2D eigenvalue weighted by atomic mass is 16.3. The summed E-state index contributed by atoms with van der Waals surface area (Å²) in [5.74, 6) is 4.88. The summed E-state index contributed by atoms with van der Waals surface area (Å²) in [6, 6.07) is 58.6. The van der Waals surface area contributed by atoms with Crippen LogP contribution in [0.3, 0.4) is 0 Å². The molecule has 0 amide bonds. The normalized spacial score (nSPS) is 29.1. The first-order chi connectivity index (χ1) is 30.6. The van der Waals surface area contributed by atoms with E-state index in [0.717, 1.165) is 52.2 Å². The molecule has 1 heterocycles. The highest BCUT2D eigenvalue weighted by Crippen LogP contribution is 2.69. The van der Waals surface area contributed by atoms with Gasteiger partial charge in [-0.15, -0.1) is 0 Å². The number of benzene rings is 7. The standard InChI is InChI=1S/C60H51NO/c1-4-13-53-47(8-1)49-26-24-45(34-56(49)59(53)35-37-17-20-40(59)30-37)61(43-22-18-39(19-23-43)46-11-7-12-51-50-10-3-6-15-57(50)62-58(46)51)44-25-27-55-52(33-44)48-9-2-5-14-54(48)60(55)41-21-16-36-28-38(31-41)32-42(60)29-36/h1-15,18-19,22-27,33-34,36-38,40-42H,16-17,20-21,28-32,35H2. The lowest BCUT2D eigenvalue weighted by molar-refractivity contribution is 0.0618. The van der Waals surface area contributed by atoms with E-state index in [-0.39, 0.29) is 10.8 Å². The predicted octanol–water partition coefficient (Wildman–Crippen LogP) is 15.9. The van der Waals surface area contributed by atoms with Crippen molar-refractivity contribution in [3.63, 3.8) is 0 Å². The van der Waals surface area contributed by atoms with Crippen molar-refractivity contribution in [2.75, 3.05) is 4.90 Å². The van der Waals surface area contributed by atoms with Crippen molar-refractivity contribution in [1.82, 2.24) is 0 Å². The summed E-state index contributed by atoms with van der Waals surface area (Å²) < 4.78 is 6.54. The van der Waals surface area contributed by atoms with Gasteiger partial charge in [0.2, 0.25) is 0 Å². The molecule has 16 rings (SSSR count). The zero-order valence-corrected chi connectivity index (χ0v) is 35.3. The summed E-state index contributed by atoms with van der Waals surface area (Å²) >= 11 is 0. The molecule has 0 saturated heterocycles. The Morgan fingerprint density at radius 2 is 1.06 bits per heavy atom. The molecule has 62 heavy (non-hydrogen) atoms. The van der Waals surface area contributed by atoms with Crippen molar-refractivity contribution in [3.8, 4) is 33.4 Å². The summed E-state index contributed by atoms with van der Waals surface area (Å²) in [5, 5.41) is 2.34. The number of anilines is 3. The molecule has 2 heteroatoms. The third-order valence-corrected chi connectivity index (χ3v) is 18.2. The fourth-order valence-electron chi connectivity index (χ4n) is 16.2. The van der Waals surface area contributed by atoms with Gasteiger partial charge in [0.25, 0.3) is 0 Å². The number of nitrogens with zero attached hydrogens (tertiary/aromatic N) is 1. The van der Waals surface area contributed by atoms with Crippen LogP contribution in [0, 0.1) is 35.5 Å². The SMILES string of the molecule is c1ccc2c(c1)-c1ccc(N(c3ccc(-c4cccc5c4oc4ccccc45)cc3)c3ccc4c(c3)-c3ccccc3C43C4CCC5CC(C4)CC3C5)cc1C21CC2CCC1C2. The summed E-state index contributed by atoms with van der Waals surface area (Å²) in [5.41, 5.74) is 20.5. The van der Waals surface area contributed by atoms with E-state index in [1.165, 1.54) is 120 Å². The van der Waals surface area contributed by atoms with Gasteiger partial charge < -0.3 is 9.32 Å². The van der Waals surface area contributed by atoms with E-state index >= 15 is 0 Å². The van der Waals surface area contributed by atoms with E-state index < -0.39 is 0 Å². The molecule has 7 aromatic carbocycles. The average Bonchev–Trinajstić information content (AvgIpc) is 4.12. The van der Waals surface area contributed by atoms with Crippen molar-refractivity contribution >= 4 is 39.0 Å². The topological polar surface area (TPSA) is 16.4 Å². The Labute approximate surface area is 364 Å². The van der Waals surface area contributed by atoms with E-state index in [1.807, 2.05) is 0 Å². The number of rotatable bonds is 4. The van der Waals surface area contributed by atoms with Gasteiger partial charge in [0, 0.05) is 44.2 Å². The Balaban J connectivity index is 0.916.